The lowest BCUT2D eigenvalue weighted by molar-refractivity contribution is -0.155. The molecule has 0 bridgehead atoms. The Bertz CT molecular complexity index is 428. The fourth-order valence-corrected chi connectivity index (χ4v) is 1.65. The van der Waals surface area contributed by atoms with Crippen molar-refractivity contribution in [3.8, 4) is 0 Å². The smallest absolute Gasteiger partial charge is 0.401 e. The highest BCUT2D eigenvalue weighted by atomic mass is 19.4. The van der Waals surface area contributed by atoms with Crippen molar-refractivity contribution < 1.29 is 23.1 Å². The van der Waals surface area contributed by atoms with Gasteiger partial charge in [0, 0.05) is 13.6 Å². The summed E-state index contributed by atoms with van der Waals surface area (Å²) >= 11 is 0. The zero-order chi connectivity index (χ0) is 13.9. The van der Waals surface area contributed by atoms with Gasteiger partial charge in [-0.05, 0) is 13.0 Å². The van der Waals surface area contributed by atoms with E-state index in [2.05, 4.69) is 5.10 Å². The van der Waals surface area contributed by atoms with E-state index < -0.39 is 25.2 Å². The maximum atomic E-state index is 12.3. The molecular formula is C10H14F3N3O2. The first-order valence-corrected chi connectivity index (χ1v) is 5.18. The van der Waals surface area contributed by atoms with Gasteiger partial charge in [-0.2, -0.15) is 18.3 Å². The van der Waals surface area contributed by atoms with Crippen LogP contribution in [-0.4, -0.2) is 45.0 Å². The third-order valence-electron chi connectivity index (χ3n) is 2.25. The van der Waals surface area contributed by atoms with Crippen LogP contribution >= 0.6 is 0 Å². The Morgan fingerprint density at radius 2 is 2.17 bits per heavy atom. The van der Waals surface area contributed by atoms with Crippen LogP contribution in [0.2, 0.25) is 0 Å². The van der Waals surface area contributed by atoms with E-state index in [1.54, 1.807) is 20.0 Å². The molecule has 0 amide bonds. The summed E-state index contributed by atoms with van der Waals surface area (Å²) in [7, 11) is 1.61. The summed E-state index contributed by atoms with van der Waals surface area (Å²) in [6, 6.07) is 1.63. The van der Waals surface area contributed by atoms with Crippen molar-refractivity contribution in [2.75, 3.05) is 13.1 Å². The molecule has 1 aromatic heterocycles. The second-order valence-electron chi connectivity index (χ2n) is 4.05. The van der Waals surface area contributed by atoms with Crippen molar-refractivity contribution in [3.63, 3.8) is 0 Å². The number of hydrogen-bond acceptors (Lipinski definition) is 3. The normalized spacial score (nSPS) is 12.1. The lowest BCUT2D eigenvalue weighted by Crippen LogP contribution is -2.37. The quantitative estimate of drug-likeness (QED) is 0.868. The zero-order valence-corrected chi connectivity index (χ0v) is 10.0. The lowest BCUT2D eigenvalue weighted by Gasteiger charge is -2.21. The first-order chi connectivity index (χ1) is 8.17. The van der Waals surface area contributed by atoms with Crippen molar-refractivity contribution in [2.24, 2.45) is 7.05 Å². The largest absolute Gasteiger partial charge is 0.480 e. The van der Waals surface area contributed by atoms with E-state index in [9.17, 15) is 18.0 Å². The van der Waals surface area contributed by atoms with Crippen LogP contribution in [0.25, 0.3) is 0 Å². The number of alkyl halides is 3. The molecule has 1 heterocycles. The molecular weight excluding hydrogens is 251 g/mol. The number of rotatable bonds is 5. The van der Waals surface area contributed by atoms with E-state index in [1.165, 1.54) is 4.68 Å². The van der Waals surface area contributed by atoms with Crippen LogP contribution in [0.15, 0.2) is 6.07 Å². The van der Waals surface area contributed by atoms with Crippen molar-refractivity contribution in [3.05, 3.63) is 17.5 Å². The molecule has 0 spiro atoms. The van der Waals surface area contributed by atoms with Crippen LogP contribution in [0.5, 0.6) is 0 Å². The average molecular weight is 265 g/mol. The van der Waals surface area contributed by atoms with Crippen LogP contribution in [0, 0.1) is 6.92 Å². The molecule has 102 valence electrons. The average Bonchev–Trinajstić information content (AvgIpc) is 2.40. The minimum atomic E-state index is -4.43. The molecule has 0 saturated carbocycles. The molecule has 0 fully saturated rings. The van der Waals surface area contributed by atoms with Gasteiger partial charge in [0.2, 0.25) is 0 Å². The number of hydrogen-bond donors (Lipinski definition) is 1. The molecule has 1 rings (SSSR count). The van der Waals surface area contributed by atoms with Crippen molar-refractivity contribution in [1.82, 2.24) is 14.7 Å². The van der Waals surface area contributed by atoms with Gasteiger partial charge in [-0.25, -0.2) is 0 Å². The molecule has 0 aromatic carbocycles. The molecule has 1 aromatic rings. The molecule has 0 aliphatic heterocycles. The summed E-state index contributed by atoms with van der Waals surface area (Å²) in [5.41, 5.74) is 1.22. The van der Waals surface area contributed by atoms with Crippen LogP contribution in [0.1, 0.15) is 11.4 Å². The Balaban J connectivity index is 2.78. The van der Waals surface area contributed by atoms with Gasteiger partial charge in [0.05, 0.1) is 24.5 Å². The summed E-state index contributed by atoms with van der Waals surface area (Å²) in [5, 5.41) is 12.6. The van der Waals surface area contributed by atoms with Crippen LogP contribution < -0.4 is 0 Å². The summed E-state index contributed by atoms with van der Waals surface area (Å²) in [5.74, 6) is -1.29. The first-order valence-electron chi connectivity index (χ1n) is 5.18. The number of aliphatic carboxylic acids is 1. The van der Waals surface area contributed by atoms with Gasteiger partial charge in [-0.3, -0.25) is 14.4 Å². The van der Waals surface area contributed by atoms with E-state index in [-0.39, 0.29) is 6.54 Å². The van der Waals surface area contributed by atoms with Crippen molar-refractivity contribution in [1.29, 1.82) is 0 Å². The molecule has 0 aliphatic rings. The van der Waals surface area contributed by atoms with E-state index in [0.29, 0.717) is 11.4 Å². The minimum Gasteiger partial charge on any atom is -0.480 e. The monoisotopic (exact) mass is 265 g/mol. The van der Waals surface area contributed by atoms with E-state index in [1.807, 2.05) is 0 Å². The van der Waals surface area contributed by atoms with E-state index in [4.69, 9.17) is 5.11 Å². The molecule has 0 radical (unpaired) electrons. The number of carboxylic acids is 1. The standard InChI is InChI=1S/C10H14F3N3O2/c1-7-3-8(15(2)14-7)4-16(5-9(17)18)6-10(11,12)13/h3H,4-6H2,1-2H3,(H,17,18). The maximum Gasteiger partial charge on any atom is 0.401 e. The van der Waals surface area contributed by atoms with Crippen LogP contribution in [-0.2, 0) is 18.4 Å². The summed E-state index contributed by atoms with van der Waals surface area (Å²) in [6.45, 7) is -0.314. The second kappa shape index (κ2) is 5.38. The molecule has 1 N–H and O–H groups in total. The molecule has 0 saturated heterocycles. The first kappa shape index (κ1) is 14.5. The number of aryl methyl sites for hydroxylation is 2. The van der Waals surface area contributed by atoms with Gasteiger partial charge in [0.1, 0.15) is 0 Å². The minimum absolute atomic E-state index is 0.108. The molecule has 0 aliphatic carbocycles. The Morgan fingerprint density at radius 1 is 1.56 bits per heavy atom. The molecule has 18 heavy (non-hydrogen) atoms. The number of aromatic nitrogens is 2. The summed E-state index contributed by atoms with van der Waals surface area (Å²) < 4.78 is 38.4. The van der Waals surface area contributed by atoms with Gasteiger partial charge in [0.15, 0.2) is 0 Å². The van der Waals surface area contributed by atoms with Crippen molar-refractivity contribution in [2.45, 2.75) is 19.6 Å². The van der Waals surface area contributed by atoms with Gasteiger partial charge in [0.25, 0.3) is 0 Å². The molecule has 8 heteroatoms. The van der Waals surface area contributed by atoms with E-state index in [0.717, 1.165) is 4.90 Å². The molecule has 0 unspecified atom stereocenters. The predicted molar refractivity (Wildman–Crippen MR) is 56.9 cm³/mol. The SMILES string of the molecule is Cc1cc(CN(CC(=O)O)CC(F)(F)F)n(C)n1. The number of nitrogens with zero attached hydrogens (tertiary/aromatic N) is 3. The highest BCUT2D eigenvalue weighted by Crippen LogP contribution is 2.18. The Kier molecular flexibility index (Phi) is 4.33. The Labute approximate surface area is 102 Å². The zero-order valence-electron chi connectivity index (χ0n) is 10.0. The van der Waals surface area contributed by atoms with Crippen LogP contribution in [0.3, 0.4) is 0 Å². The van der Waals surface area contributed by atoms with Gasteiger partial charge < -0.3 is 5.11 Å². The van der Waals surface area contributed by atoms with Gasteiger partial charge in [-0.15, -0.1) is 0 Å². The van der Waals surface area contributed by atoms with Crippen LogP contribution in [0.4, 0.5) is 13.2 Å². The third kappa shape index (κ3) is 4.74. The molecule has 0 atom stereocenters. The fourth-order valence-electron chi connectivity index (χ4n) is 1.65. The topological polar surface area (TPSA) is 58.4 Å². The lowest BCUT2D eigenvalue weighted by atomic mass is 10.3. The Hall–Kier alpha value is -1.57. The fraction of sp³-hybridized carbons (Fsp3) is 0.600. The van der Waals surface area contributed by atoms with E-state index >= 15 is 0 Å². The molecule has 5 nitrogen and oxygen atoms in total. The number of carbonyl (C=O) groups is 1. The predicted octanol–water partition coefficient (Wildman–Crippen LogP) is 1.18. The number of carboxylic acid groups (broad SMARTS) is 1. The highest BCUT2D eigenvalue weighted by Gasteiger charge is 2.31. The maximum absolute atomic E-state index is 12.3. The number of halogens is 3. The summed E-state index contributed by atoms with van der Waals surface area (Å²) in [6.07, 6.45) is -4.43. The van der Waals surface area contributed by atoms with Crippen molar-refractivity contribution >= 4 is 5.97 Å². The van der Waals surface area contributed by atoms with Gasteiger partial charge in [-0.1, -0.05) is 0 Å². The summed E-state index contributed by atoms with van der Waals surface area (Å²) in [4.78, 5) is 11.4. The second-order valence-corrected chi connectivity index (χ2v) is 4.05. The van der Waals surface area contributed by atoms with Gasteiger partial charge >= 0.3 is 12.1 Å². The third-order valence-corrected chi connectivity index (χ3v) is 2.25. The highest BCUT2D eigenvalue weighted by molar-refractivity contribution is 5.69. The Morgan fingerprint density at radius 3 is 2.56 bits per heavy atom.